The predicted octanol–water partition coefficient (Wildman–Crippen LogP) is 2.83. The summed E-state index contributed by atoms with van der Waals surface area (Å²) in [7, 11) is 0. The van der Waals surface area contributed by atoms with Gasteiger partial charge in [-0.2, -0.15) is 0 Å². The van der Waals surface area contributed by atoms with E-state index in [2.05, 4.69) is 36.2 Å². The summed E-state index contributed by atoms with van der Waals surface area (Å²) in [4.78, 5) is 9.20. The maximum Gasteiger partial charge on any atom is 0.136 e. The third-order valence-corrected chi connectivity index (χ3v) is 4.18. The molecular formula is C16H19N3. The molecule has 1 aromatic carbocycles. The van der Waals surface area contributed by atoms with Crippen LogP contribution in [0.1, 0.15) is 30.7 Å². The van der Waals surface area contributed by atoms with Crippen LogP contribution in [0.15, 0.2) is 36.5 Å². The minimum atomic E-state index is 0.0285. The van der Waals surface area contributed by atoms with E-state index in [9.17, 15) is 0 Å². The van der Waals surface area contributed by atoms with Gasteiger partial charge in [-0.3, -0.25) is 0 Å². The van der Waals surface area contributed by atoms with Crippen molar-refractivity contribution in [3.05, 3.63) is 47.9 Å². The lowest BCUT2D eigenvalue weighted by Gasteiger charge is -2.39. The van der Waals surface area contributed by atoms with Gasteiger partial charge in [-0.1, -0.05) is 36.2 Å². The first-order valence-electron chi connectivity index (χ1n) is 6.84. The van der Waals surface area contributed by atoms with E-state index in [1.165, 1.54) is 12.0 Å². The summed E-state index contributed by atoms with van der Waals surface area (Å²) in [5, 5.41) is 0. The van der Waals surface area contributed by atoms with E-state index in [-0.39, 0.29) is 5.41 Å². The third-order valence-electron chi connectivity index (χ3n) is 4.18. The standard InChI is InChI=1S/C16H19N3/c1-12-3-5-13(6-4-12)14-7-10-18-15(19-14)16(11-17)8-2-9-16/h3-7,10H,2,8-9,11,17H2,1H3. The summed E-state index contributed by atoms with van der Waals surface area (Å²) in [5.41, 5.74) is 9.35. The van der Waals surface area contributed by atoms with Gasteiger partial charge in [0, 0.05) is 23.7 Å². The SMILES string of the molecule is Cc1ccc(-c2ccnc(C3(CN)CCC3)n2)cc1. The van der Waals surface area contributed by atoms with Gasteiger partial charge in [0.25, 0.3) is 0 Å². The number of nitrogens with zero attached hydrogens (tertiary/aromatic N) is 2. The highest BCUT2D eigenvalue weighted by Crippen LogP contribution is 2.41. The molecule has 0 amide bonds. The molecule has 0 atom stereocenters. The van der Waals surface area contributed by atoms with Crippen molar-refractivity contribution < 1.29 is 0 Å². The van der Waals surface area contributed by atoms with Gasteiger partial charge in [-0.05, 0) is 25.8 Å². The number of nitrogens with two attached hydrogens (primary N) is 1. The Morgan fingerprint density at radius 1 is 1.16 bits per heavy atom. The lowest BCUT2D eigenvalue weighted by molar-refractivity contribution is 0.238. The third kappa shape index (κ3) is 2.15. The van der Waals surface area contributed by atoms with Gasteiger partial charge in [0.1, 0.15) is 5.82 Å². The summed E-state index contributed by atoms with van der Waals surface area (Å²) in [6.07, 6.45) is 5.31. The second-order valence-electron chi connectivity index (χ2n) is 5.47. The molecule has 1 aliphatic carbocycles. The molecule has 1 aromatic heterocycles. The molecule has 2 aromatic rings. The summed E-state index contributed by atoms with van der Waals surface area (Å²) in [5.74, 6) is 0.916. The first-order chi connectivity index (χ1) is 9.23. The molecule has 3 heteroatoms. The van der Waals surface area contributed by atoms with Crippen LogP contribution < -0.4 is 5.73 Å². The van der Waals surface area contributed by atoms with Crippen molar-refractivity contribution in [1.29, 1.82) is 0 Å². The van der Waals surface area contributed by atoms with Crippen LogP contribution in [0.3, 0.4) is 0 Å². The molecular weight excluding hydrogens is 234 g/mol. The molecule has 1 aliphatic rings. The van der Waals surface area contributed by atoms with Crippen LogP contribution in [0.4, 0.5) is 0 Å². The van der Waals surface area contributed by atoms with Gasteiger partial charge < -0.3 is 5.73 Å². The van der Waals surface area contributed by atoms with Crippen LogP contribution in [0, 0.1) is 6.92 Å². The number of aromatic nitrogens is 2. The molecule has 1 saturated carbocycles. The molecule has 3 rings (SSSR count). The Kier molecular flexibility index (Phi) is 3.07. The fourth-order valence-corrected chi connectivity index (χ4v) is 2.62. The van der Waals surface area contributed by atoms with Crippen LogP contribution in [-0.4, -0.2) is 16.5 Å². The minimum Gasteiger partial charge on any atom is -0.329 e. The Hall–Kier alpha value is -1.74. The Morgan fingerprint density at radius 3 is 2.47 bits per heavy atom. The number of aryl methyl sites for hydroxylation is 1. The Balaban J connectivity index is 1.98. The van der Waals surface area contributed by atoms with Crippen molar-refractivity contribution >= 4 is 0 Å². The van der Waals surface area contributed by atoms with Gasteiger partial charge in [0.2, 0.25) is 0 Å². The maximum atomic E-state index is 5.93. The molecule has 0 aliphatic heterocycles. The van der Waals surface area contributed by atoms with Gasteiger partial charge in [0.15, 0.2) is 0 Å². The van der Waals surface area contributed by atoms with E-state index in [0.717, 1.165) is 29.9 Å². The quantitative estimate of drug-likeness (QED) is 0.915. The fourth-order valence-electron chi connectivity index (χ4n) is 2.62. The minimum absolute atomic E-state index is 0.0285. The van der Waals surface area contributed by atoms with Crippen LogP contribution in [0.5, 0.6) is 0 Å². The summed E-state index contributed by atoms with van der Waals surface area (Å²) < 4.78 is 0. The molecule has 3 nitrogen and oxygen atoms in total. The van der Waals surface area contributed by atoms with Crippen LogP contribution >= 0.6 is 0 Å². The largest absolute Gasteiger partial charge is 0.329 e. The van der Waals surface area contributed by atoms with Crippen molar-refractivity contribution in [2.45, 2.75) is 31.6 Å². The van der Waals surface area contributed by atoms with E-state index < -0.39 is 0 Å². The predicted molar refractivity (Wildman–Crippen MR) is 76.8 cm³/mol. The zero-order chi connectivity index (χ0) is 13.3. The smallest absolute Gasteiger partial charge is 0.136 e. The van der Waals surface area contributed by atoms with Crippen molar-refractivity contribution in [2.24, 2.45) is 5.73 Å². The highest BCUT2D eigenvalue weighted by molar-refractivity contribution is 5.59. The highest BCUT2D eigenvalue weighted by atomic mass is 14.9. The maximum absolute atomic E-state index is 5.93. The zero-order valence-corrected chi connectivity index (χ0v) is 11.3. The van der Waals surface area contributed by atoms with Gasteiger partial charge in [-0.25, -0.2) is 9.97 Å². The van der Waals surface area contributed by atoms with E-state index in [0.29, 0.717) is 6.54 Å². The van der Waals surface area contributed by atoms with Gasteiger partial charge in [-0.15, -0.1) is 0 Å². The van der Waals surface area contributed by atoms with Crippen molar-refractivity contribution in [3.8, 4) is 11.3 Å². The van der Waals surface area contributed by atoms with E-state index >= 15 is 0 Å². The normalized spacial score (nSPS) is 16.9. The average molecular weight is 253 g/mol. The van der Waals surface area contributed by atoms with Crippen molar-refractivity contribution in [2.75, 3.05) is 6.54 Å². The number of rotatable bonds is 3. The van der Waals surface area contributed by atoms with Gasteiger partial charge >= 0.3 is 0 Å². The second kappa shape index (κ2) is 4.74. The Morgan fingerprint density at radius 2 is 1.89 bits per heavy atom. The summed E-state index contributed by atoms with van der Waals surface area (Å²) in [6.45, 7) is 2.73. The molecule has 1 heterocycles. The molecule has 0 spiro atoms. The molecule has 0 saturated heterocycles. The first kappa shape index (κ1) is 12.3. The Labute approximate surface area is 113 Å². The fraction of sp³-hybridized carbons (Fsp3) is 0.375. The molecule has 98 valence electrons. The molecule has 0 unspecified atom stereocenters. The first-order valence-corrected chi connectivity index (χ1v) is 6.84. The van der Waals surface area contributed by atoms with Crippen molar-refractivity contribution in [3.63, 3.8) is 0 Å². The lowest BCUT2D eigenvalue weighted by atomic mass is 9.68. The average Bonchev–Trinajstić information content (AvgIpc) is 2.39. The Bertz CT molecular complexity index is 565. The van der Waals surface area contributed by atoms with E-state index in [1.807, 2.05) is 12.3 Å². The molecule has 19 heavy (non-hydrogen) atoms. The second-order valence-corrected chi connectivity index (χ2v) is 5.47. The lowest BCUT2D eigenvalue weighted by Crippen LogP contribution is -2.43. The zero-order valence-electron chi connectivity index (χ0n) is 11.3. The van der Waals surface area contributed by atoms with Crippen LogP contribution in [0.2, 0.25) is 0 Å². The number of hydrogen-bond donors (Lipinski definition) is 1. The number of hydrogen-bond acceptors (Lipinski definition) is 3. The van der Waals surface area contributed by atoms with Crippen LogP contribution in [0.25, 0.3) is 11.3 Å². The molecule has 0 radical (unpaired) electrons. The van der Waals surface area contributed by atoms with Gasteiger partial charge in [0.05, 0.1) is 5.69 Å². The van der Waals surface area contributed by atoms with Crippen molar-refractivity contribution in [1.82, 2.24) is 9.97 Å². The van der Waals surface area contributed by atoms with E-state index in [1.54, 1.807) is 0 Å². The topological polar surface area (TPSA) is 51.8 Å². The van der Waals surface area contributed by atoms with Crippen LogP contribution in [-0.2, 0) is 5.41 Å². The molecule has 2 N–H and O–H groups in total. The van der Waals surface area contributed by atoms with E-state index in [4.69, 9.17) is 10.7 Å². The molecule has 1 fully saturated rings. The number of benzene rings is 1. The summed E-state index contributed by atoms with van der Waals surface area (Å²) in [6, 6.07) is 10.4. The summed E-state index contributed by atoms with van der Waals surface area (Å²) >= 11 is 0. The molecule has 0 bridgehead atoms. The highest BCUT2D eigenvalue weighted by Gasteiger charge is 2.40. The monoisotopic (exact) mass is 253 g/mol.